The number of ether oxygens (including phenoxy) is 1. The number of carbonyl (C=O) groups excluding carboxylic acids is 1. The Labute approximate surface area is 145 Å². The summed E-state index contributed by atoms with van der Waals surface area (Å²) >= 11 is 0. The molecule has 0 amide bonds. The fourth-order valence-electron chi connectivity index (χ4n) is 2.93. The largest absolute Gasteiger partial charge is 0.465 e. The Morgan fingerprint density at radius 2 is 1.83 bits per heavy atom. The summed E-state index contributed by atoms with van der Waals surface area (Å²) < 4.78 is 32.3. The van der Waals surface area contributed by atoms with E-state index < -0.39 is 22.0 Å². The van der Waals surface area contributed by atoms with E-state index in [0.717, 1.165) is 18.4 Å². The van der Waals surface area contributed by atoms with Crippen LogP contribution in [0.3, 0.4) is 0 Å². The molecule has 6 heteroatoms. The van der Waals surface area contributed by atoms with Crippen molar-refractivity contribution in [3.63, 3.8) is 0 Å². The number of hydrogen-bond acceptors (Lipinski definition) is 4. The summed E-state index contributed by atoms with van der Waals surface area (Å²) in [6.07, 6.45) is 2.10. The van der Waals surface area contributed by atoms with Crippen molar-refractivity contribution >= 4 is 16.0 Å². The summed E-state index contributed by atoms with van der Waals surface area (Å²) in [7, 11) is -3.70. The van der Waals surface area contributed by atoms with Crippen molar-refractivity contribution in [1.82, 2.24) is 4.31 Å². The summed E-state index contributed by atoms with van der Waals surface area (Å²) in [5.41, 5.74) is 1.03. The van der Waals surface area contributed by atoms with Crippen LogP contribution in [0.2, 0.25) is 0 Å². The molecule has 1 fully saturated rings. The highest BCUT2D eigenvalue weighted by molar-refractivity contribution is 7.89. The van der Waals surface area contributed by atoms with E-state index in [2.05, 4.69) is 20.8 Å². The first kappa shape index (κ1) is 18.9. The van der Waals surface area contributed by atoms with Gasteiger partial charge in [-0.2, -0.15) is 4.31 Å². The second-order valence-electron chi connectivity index (χ2n) is 7.15. The topological polar surface area (TPSA) is 63.7 Å². The van der Waals surface area contributed by atoms with Gasteiger partial charge in [0.2, 0.25) is 10.0 Å². The molecule has 0 radical (unpaired) electrons. The number of sulfonamides is 1. The second kappa shape index (κ2) is 7.23. The Bertz CT molecular complexity index is 674. The van der Waals surface area contributed by atoms with Gasteiger partial charge in [0.05, 0.1) is 11.5 Å². The normalized spacial score (nSPS) is 19.9. The molecule has 1 saturated heterocycles. The molecule has 1 aromatic carbocycles. The lowest BCUT2D eigenvalue weighted by Gasteiger charge is -2.33. The first-order valence-electron chi connectivity index (χ1n) is 8.47. The Kier molecular flexibility index (Phi) is 5.71. The number of hydrogen-bond donors (Lipinski definition) is 0. The first-order valence-corrected chi connectivity index (χ1v) is 9.91. The third-order valence-corrected chi connectivity index (χ3v) is 6.26. The third kappa shape index (κ3) is 3.98. The van der Waals surface area contributed by atoms with E-state index in [1.54, 1.807) is 19.1 Å². The van der Waals surface area contributed by atoms with Crippen LogP contribution in [-0.2, 0) is 25.0 Å². The maximum atomic E-state index is 13.0. The van der Waals surface area contributed by atoms with Crippen molar-refractivity contribution in [1.29, 1.82) is 0 Å². The molecule has 0 bridgehead atoms. The van der Waals surface area contributed by atoms with Crippen LogP contribution in [0.25, 0.3) is 0 Å². The molecule has 0 aromatic heterocycles. The lowest BCUT2D eigenvalue weighted by Crippen LogP contribution is -2.48. The highest BCUT2D eigenvalue weighted by Gasteiger charge is 2.38. The minimum atomic E-state index is -3.70. The fraction of sp³-hybridized carbons (Fsp3) is 0.611. The zero-order valence-corrected chi connectivity index (χ0v) is 15.7. The van der Waals surface area contributed by atoms with E-state index in [0.29, 0.717) is 13.0 Å². The average Bonchev–Trinajstić information content (AvgIpc) is 2.54. The standard InChI is InChI=1S/C18H27NO4S/c1-5-23-17(20)16-8-6-7-13-19(16)24(21,22)15-11-9-14(10-12-15)18(2,3)4/h9-12,16H,5-8,13H2,1-4H3/t16-/m0/s1. The molecule has 1 aromatic rings. The Hall–Kier alpha value is -1.40. The van der Waals surface area contributed by atoms with E-state index in [4.69, 9.17) is 4.74 Å². The molecular formula is C18H27NO4S. The minimum Gasteiger partial charge on any atom is -0.465 e. The number of rotatable bonds is 4. The van der Waals surface area contributed by atoms with Crippen LogP contribution < -0.4 is 0 Å². The molecule has 0 saturated carbocycles. The van der Waals surface area contributed by atoms with Gasteiger partial charge in [-0.25, -0.2) is 8.42 Å². The molecule has 5 nitrogen and oxygen atoms in total. The average molecular weight is 353 g/mol. The molecule has 134 valence electrons. The third-order valence-electron chi connectivity index (χ3n) is 4.34. The number of piperidine rings is 1. The SMILES string of the molecule is CCOC(=O)[C@@H]1CCCCN1S(=O)(=O)c1ccc(C(C)(C)C)cc1. The van der Waals surface area contributed by atoms with E-state index in [9.17, 15) is 13.2 Å². The molecule has 0 spiro atoms. The zero-order chi connectivity index (χ0) is 18.0. The Balaban J connectivity index is 2.31. The monoisotopic (exact) mass is 353 g/mol. The van der Waals surface area contributed by atoms with Crippen molar-refractivity contribution in [2.45, 2.75) is 63.3 Å². The van der Waals surface area contributed by atoms with Gasteiger partial charge in [0.25, 0.3) is 0 Å². The molecule has 1 aliphatic rings. The Morgan fingerprint density at radius 1 is 1.21 bits per heavy atom. The van der Waals surface area contributed by atoms with Crippen LogP contribution in [0.1, 0.15) is 52.5 Å². The highest BCUT2D eigenvalue weighted by Crippen LogP contribution is 2.28. The summed E-state index contributed by atoms with van der Waals surface area (Å²) in [5.74, 6) is -0.452. The van der Waals surface area contributed by atoms with Crippen molar-refractivity contribution in [2.24, 2.45) is 0 Å². The summed E-state index contributed by atoms with van der Waals surface area (Å²) in [4.78, 5) is 12.4. The van der Waals surface area contributed by atoms with Gasteiger partial charge >= 0.3 is 5.97 Å². The number of carbonyl (C=O) groups is 1. The highest BCUT2D eigenvalue weighted by atomic mass is 32.2. The molecule has 0 aliphatic carbocycles. The van der Waals surface area contributed by atoms with Crippen LogP contribution >= 0.6 is 0 Å². The second-order valence-corrected chi connectivity index (χ2v) is 9.04. The van der Waals surface area contributed by atoms with Gasteiger partial charge in [-0.3, -0.25) is 4.79 Å². The van der Waals surface area contributed by atoms with Gasteiger partial charge in [0.15, 0.2) is 0 Å². The quantitative estimate of drug-likeness (QED) is 0.780. The van der Waals surface area contributed by atoms with E-state index in [1.165, 1.54) is 4.31 Å². The van der Waals surface area contributed by atoms with Crippen molar-refractivity contribution in [3.05, 3.63) is 29.8 Å². The van der Waals surface area contributed by atoms with Gasteiger partial charge in [-0.15, -0.1) is 0 Å². The van der Waals surface area contributed by atoms with Crippen molar-refractivity contribution in [3.8, 4) is 0 Å². The molecule has 2 rings (SSSR count). The smallest absolute Gasteiger partial charge is 0.324 e. The van der Waals surface area contributed by atoms with Gasteiger partial charge in [-0.1, -0.05) is 32.9 Å². The van der Waals surface area contributed by atoms with Crippen LogP contribution in [0.15, 0.2) is 29.2 Å². The molecule has 1 heterocycles. The summed E-state index contributed by atoms with van der Waals surface area (Å²) in [6.45, 7) is 8.58. The number of benzene rings is 1. The maximum absolute atomic E-state index is 13.0. The number of esters is 1. The summed E-state index contributed by atoms with van der Waals surface area (Å²) in [6, 6.07) is 6.23. The predicted molar refractivity (Wildman–Crippen MR) is 93.3 cm³/mol. The van der Waals surface area contributed by atoms with Crippen LogP contribution in [-0.4, -0.2) is 37.9 Å². The van der Waals surface area contributed by atoms with E-state index in [-0.39, 0.29) is 16.9 Å². The fourth-order valence-corrected chi connectivity index (χ4v) is 4.58. The Morgan fingerprint density at radius 3 is 2.38 bits per heavy atom. The minimum absolute atomic E-state index is 0.0408. The van der Waals surface area contributed by atoms with Crippen LogP contribution in [0.5, 0.6) is 0 Å². The number of nitrogens with zero attached hydrogens (tertiary/aromatic N) is 1. The van der Waals surface area contributed by atoms with Crippen LogP contribution in [0, 0.1) is 0 Å². The van der Waals surface area contributed by atoms with E-state index >= 15 is 0 Å². The molecule has 1 aliphatic heterocycles. The van der Waals surface area contributed by atoms with E-state index in [1.807, 2.05) is 12.1 Å². The van der Waals surface area contributed by atoms with Crippen molar-refractivity contribution in [2.75, 3.05) is 13.2 Å². The predicted octanol–water partition coefficient (Wildman–Crippen LogP) is 3.09. The van der Waals surface area contributed by atoms with Crippen molar-refractivity contribution < 1.29 is 17.9 Å². The lowest BCUT2D eigenvalue weighted by molar-refractivity contribution is -0.148. The van der Waals surface area contributed by atoms with Crippen LogP contribution in [0.4, 0.5) is 0 Å². The van der Waals surface area contributed by atoms with Gasteiger partial charge < -0.3 is 4.74 Å². The first-order chi connectivity index (χ1) is 11.2. The van der Waals surface area contributed by atoms with Gasteiger partial charge in [-0.05, 0) is 49.3 Å². The zero-order valence-electron chi connectivity index (χ0n) is 14.9. The van der Waals surface area contributed by atoms with Gasteiger partial charge in [0.1, 0.15) is 6.04 Å². The van der Waals surface area contributed by atoms with Gasteiger partial charge in [0, 0.05) is 6.54 Å². The molecule has 24 heavy (non-hydrogen) atoms. The molecular weight excluding hydrogens is 326 g/mol. The lowest BCUT2D eigenvalue weighted by atomic mass is 9.87. The molecule has 0 N–H and O–H groups in total. The molecule has 1 atom stereocenters. The summed E-state index contributed by atoms with van der Waals surface area (Å²) in [5, 5.41) is 0. The maximum Gasteiger partial charge on any atom is 0.324 e. The molecule has 0 unspecified atom stereocenters.